The Morgan fingerprint density at radius 3 is 2.50 bits per heavy atom. The van der Waals surface area contributed by atoms with Gasteiger partial charge in [0, 0.05) is 22.2 Å². The molecule has 3 rings (SSSR count). The monoisotopic (exact) mass is 255 g/mol. The largest absolute Gasteiger partial charge is 0.382 e. The van der Waals surface area contributed by atoms with Crippen molar-refractivity contribution in [3.8, 4) is 11.3 Å². The highest BCUT2D eigenvalue weighted by Gasteiger charge is 2.04. The minimum absolute atomic E-state index is 0.448. The van der Waals surface area contributed by atoms with E-state index < -0.39 is 0 Å². The number of nitrogens with zero attached hydrogens (tertiary/aromatic N) is 2. The van der Waals surface area contributed by atoms with E-state index in [1.807, 2.05) is 42.5 Å². The molecule has 0 fully saturated rings. The van der Waals surface area contributed by atoms with Crippen LogP contribution in [0.3, 0.4) is 0 Å². The first-order valence-electron chi connectivity index (χ1n) is 5.51. The van der Waals surface area contributed by atoms with Crippen molar-refractivity contribution in [1.82, 2.24) is 9.97 Å². The molecule has 0 spiro atoms. The summed E-state index contributed by atoms with van der Waals surface area (Å²) in [4.78, 5) is 8.59. The van der Waals surface area contributed by atoms with Gasteiger partial charge in [0.25, 0.3) is 0 Å². The number of aromatic nitrogens is 2. The highest BCUT2D eigenvalue weighted by Crippen LogP contribution is 2.24. The first kappa shape index (κ1) is 11.0. The minimum atomic E-state index is 0.448. The Hall–Kier alpha value is -2.13. The van der Waals surface area contributed by atoms with Crippen LogP contribution in [-0.2, 0) is 0 Å². The molecule has 4 heteroatoms. The second-order valence-electron chi connectivity index (χ2n) is 3.97. The Balaban J connectivity index is 2.18. The fraction of sp³-hybridized carbons (Fsp3) is 0. The van der Waals surface area contributed by atoms with E-state index in [0.29, 0.717) is 10.8 Å². The van der Waals surface area contributed by atoms with Gasteiger partial charge in [-0.05, 0) is 24.3 Å². The van der Waals surface area contributed by atoms with Crippen molar-refractivity contribution >= 4 is 28.3 Å². The third-order valence-electron chi connectivity index (χ3n) is 2.78. The summed E-state index contributed by atoms with van der Waals surface area (Å²) in [5.74, 6) is 0.448. The first-order valence-corrected chi connectivity index (χ1v) is 5.89. The van der Waals surface area contributed by atoms with Gasteiger partial charge in [-0.1, -0.05) is 29.8 Å². The SMILES string of the molecule is Nc1nccc2ccc(-c3ccc(Cl)cc3)nc12. The van der Waals surface area contributed by atoms with Crippen LogP contribution >= 0.6 is 11.6 Å². The van der Waals surface area contributed by atoms with Crippen molar-refractivity contribution in [1.29, 1.82) is 0 Å². The van der Waals surface area contributed by atoms with Gasteiger partial charge in [-0.15, -0.1) is 0 Å². The molecule has 2 aromatic heterocycles. The Labute approximate surface area is 109 Å². The van der Waals surface area contributed by atoms with Crippen LogP contribution in [0.15, 0.2) is 48.7 Å². The summed E-state index contributed by atoms with van der Waals surface area (Å²) < 4.78 is 0. The Morgan fingerprint density at radius 1 is 0.944 bits per heavy atom. The molecule has 0 unspecified atom stereocenters. The molecular formula is C14H10ClN3. The average molecular weight is 256 g/mol. The molecule has 0 aliphatic rings. The third kappa shape index (κ3) is 1.89. The number of nitrogen functional groups attached to an aromatic ring is 1. The topological polar surface area (TPSA) is 51.8 Å². The summed E-state index contributed by atoms with van der Waals surface area (Å²) in [5, 5.41) is 1.70. The van der Waals surface area contributed by atoms with Gasteiger partial charge in [-0.2, -0.15) is 0 Å². The highest BCUT2D eigenvalue weighted by atomic mass is 35.5. The Bertz CT molecular complexity index is 708. The van der Waals surface area contributed by atoms with Gasteiger partial charge in [0.05, 0.1) is 5.69 Å². The highest BCUT2D eigenvalue weighted by molar-refractivity contribution is 6.30. The summed E-state index contributed by atoms with van der Waals surface area (Å²) in [6, 6.07) is 13.4. The van der Waals surface area contributed by atoms with E-state index in [1.165, 1.54) is 0 Å². The summed E-state index contributed by atoms with van der Waals surface area (Å²) in [6.45, 7) is 0. The number of halogens is 1. The fourth-order valence-corrected chi connectivity index (χ4v) is 1.98. The number of fused-ring (bicyclic) bond motifs is 1. The average Bonchev–Trinajstić information content (AvgIpc) is 2.40. The molecule has 0 saturated heterocycles. The van der Waals surface area contributed by atoms with Crippen LogP contribution < -0.4 is 5.73 Å². The van der Waals surface area contributed by atoms with E-state index >= 15 is 0 Å². The van der Waals surface area contributed by atoms with E-state index in [9.17, 15) is 0 Å². The second-order valence-corrected chi connectivity index (χ2v) is 4.41. The molecule has 1 aromatic carbocycles. The Kier molecular flexibility index (Phi) is 2.61. The van der Waals surface area contributed by atoms with Gasteiger partial charge in [-0.3, -0.25) is 0 Å². The van der Waals surface area contributed by atoms with E-state index in [1.54, 1.807) is 6.20 Å². The number of hydrogen-bond acceptors (Lipinski definition) is 3. The van der Waals surface area contributed by atoms with Crippen molar-refractivity contribution < 1.29 is 0 Å². The van der Waals surface area contributed by atoms with Gasteiger partial charge in [0.15, 0.2) is 0 Å². The lowest BCUT2D eigenvalue weighted by molar-refractivity contribution is 1.32. The van der Waals surface area contributed by atoms with E-state index in [2.05, 4.69) is 9.97 Å². The maximum absolute atomic E-state index is 5.87. The van der Waals surface area contributed by atoms with Crippen molar-refractivity contribution in [2.24, 2.45) is 0 Å². The van der Waals surface area contributed by atoms with Crippen LogP contribution in [-0.4, -0.2) is 9.97 Å². The van der Waals surface area contributed by atoms with Crippen LogP contribution in [0.1, 0.15) is 0 Å². The lowest BCUT2D eigenvalue weighted by Gasteiger charge is -2.04. The molecule has 0 saturated carbocycles. The van der Waals surface area contributed by atoms with Crippen LogP contribution in [0, 0.1) is 0 Å². The number of nitrogens with two attached hydrogens (primary N) is 1. The third-order valence-corrected chi connectivity index (χ3v) is 3.03. The van der Waals surface area contributed by atoms with Crippen LogP contribution in [0.4, 0.5) is 5.82 Å². The molecule has 2 N–H and O–H groups in total. The van der Waals surface area contributed by atoms with Gasteiger partial charge < -0.3 is 5.73 Å². The zero-order valence-electron chi connectivity index (χ0n) is 9.47. The van der Waals surface area contributed by atoms with Crippen LogP contribution in [0.5, 0.6) is 0 Å². The number of hydrogen-bond donors (Lipinski definition) is 1. The molecule has 2 heterocycles. The number of anilines is 1. The van der Waals surface area contributed by atoms with E-state index in [-0.39, 0.29) is 0 Å². The number of benzene rings is 1. The van der Waals surface area contributed by atoms with Crippen molar-refractivity contribution in [3.63, 3.8) is 0 Å². The predicted octanol–water partition coefficient (Wildman–Crippen LogP) is 3.53. The van der Waals surface area contributed by atoms with Gasteiger partial charge in [0.1, 0.15) is 11.3 Å². The molecule has 18 heavy (non-hydrogen) atoms. The summed E-state index contributed by atoms with van der Waals surface area (Å²) >= 11 is 5.87. The zero-order valence-corrected chi connectivity index (χ0v) is 10.2. The van der Waals surface area contributed by atoms with Gasteiger partial charge >= 0.3 is 0 Å². The zero-order chi connectivity index (χ0) is 12.5. The molecule has 0 atom stereocenters. The van der Waals surface area contributed by atoms with Crippen LogP contribution in [0.2, 0.25) is 5.02 Å². The van der Waals surface area contributed by atoms with E-state index in [0.717, 1.165) is 22.2 Å². The normalized spacial score (nSPS) is 10.7. The van der Waals surface area contributed by atoms with Gasteiger partial charge in [0.2, 0.25) is 0 Å². The summed E-state index contributed by atoms with van der Waals surface area (Å²) in [7, 11) is 0. The smallest absolute Gasteiger partial charge is 0.149 e. The maximum Gasteiger partial charge on any atom is 0.149 e. The van der Waals surface area contributed by atoms with E-state index in [4.69, 9.17) is 17.3 Å². The lowest BCUT2D eigenvalue weighted by atomic mass is 10.1. The second kappa shape index (κ2) is 4.27. The maximum atomic E-state index is 5.87. The van der Waals surface area contributed by atoms with Crippen LogP contribution in [0.25, 0.3) is 22.2 Å². The molecule has 0 amide bonds. The molecule has 3 nitrogen and oxygen atoms in total. The minimum Gasteiger partial charge on any atom is -0.382 e. The molecule has 0 aliphatic heterocycles. The fourth-order valence-electron chi connectivity index (χ4n) is 1.85. The van der Waals surface area contributed by atoms with Crippen molar-refractivity contribution in [2.45, 2.75) is 0 Å². The molecule has 0 radical (unpaired) electrons. The molecular weight excluding hydrogens is 246 g/mol. The predicted molar refractivity (Wildman–Crippen MR) is 74.4 cm³/mol. The molecule has 0 aliphatic carbocycles. The van der Waals surface area contributed by atoms with Gasteiger partial charge in [-0.25, -0.2) is 9.97 Å². The summed E-state index contributed by atoms with van der Waals surface area (Å²) in [6.07, 6.45) is 1.68. The standard InChI is InChI=1S/C14H10ClN3/c15-11-4-1-9(2-5-11)12-6-3-10-7-8-17-14(16)13(10)18-12/h1-8H,(H2,16,17). The lowest BCUT2D eigenvalue weighted by Crippen LogP contribution is -1.94. The first-order chi connectivity index (χ1) is 8.74. The number of pyridine rings is 2. The van der Waals surface area contributed by atoms with Crippen molar-refractivity contribution in [2.75, 3.05) is 5.73 Å². The van der Waals surface area contributed by atoms with Crippen molar-refractivity contribution in [3.05, 3.63) is 53.7 Å². The quantitative estimate of drug-likeness (QED) is 0.724. The number of rotatable bonds is 1. The summed E-state index contributed by atoms with van der Waals surface area (Å²) in [5.41, 5.74) is 8.42. The molecule has 88 valence electrons. The Morgan fingerprint density at radius 2 is 1.72 bits per heavy atom. The molecule has 0 bridgehead atoms. The molecule has 3 aromatic rings.